The second-order valence-corrected chi connectivity index (χ2v) is 7.30. The van der Waals surface area contributed by atoms with Crippen molar-refractivity contribution < 1.29 is 4.74 Å². The fraction of sp³-hybridized carbons (Fsp3) is 0.647. The van der Waals surface area contributed by atoms with E-state index in [1.165, 1.54) is 6.42 Å². The lowest BCUT2D eigenvalue weighted by atomic mass is 10.0. The Labute approximate surface area is 137 Å². The maximum absolute atomic E-state index is 5.86. The fourth-order valence-corrected chi connectivity index (χ4v) is 3.25. The number of halogens is 1. The summed E-state index contributed by atoms with van der Waals surface area (Å²) in [7, 11) is 0. The van der Waals surface area contributed by atoms with Crippen LogP contribution in [0.25, 0.3) is 0 Å². The molecule has 21 heavy (non-hydrogen) atoms. The van der Waals surface area contributed by atoms with Gasteiger partial charge in [0.05, 0.1) is 0 Å². The molecule has 1 heterocycles. The highest BCUT2D eigenvalue weighted by Gasteiger charge is 2.24. The Hall–Kier alpha value is -0.580. The van der Waals surface area contributed by atoms with Gasteiger partial charge in [-0.15, -0.1) is 0 Å². The van der Waals surface area contributed by atoms with E-state index in [0.717, 1.165) is 42.4 Å². The lowest BCUT2D eigenvalue weighted by molar-refractivity contribution is 0.112. The predicted octanol–water partition coefficient (Wildman–Crippen LogP) is 3.54. The minimum atomic E-state index is 0.583. The minimum absolute atomic E-state index is 0.583. The van der Waals surface area contributed by atoms with Crippen molar-refractivity contribution in [2.24, 2.45) is 5.92 Å². The van der Waals surface area contributed by atoms with Gasteiger partial charge in [-0.1, -0.05) is 35.8 Å². The predicted molar refractivity (Wildman–Crippen MR) is 91.9 cm³/mol. The molecular weight excluding hydrogens is 328 g/mol. The Morgan fingerprint density at radius 2 is 2.24 bits per heavy atom. The second kappa shape index (κ2) is 8.16. The SMILES string of the molecule is CC(C)CC1CN(CCOc2cccc(Br)c2)C(C)CN1. The Balaban J connectivity index is 1.78. The van der Waals surface area contributed by atoms with E-state index < -0.39 is 0 Å². The number of nitrogens with one attached hydrogen (secondary N) is 1. The van der Waals surface area contributed by atoms with Gasteiger partial charge in [-0.25, -0.2) is 0 Å². The van der Waals surface area contributed by atoms with Gasteiger partial charge in [0, 0.05) is 36.2 Å². The Bertz CT molecular complexity index is 439. The molecule has 1 fully saturated rings. The van der Waals surface area contributed by atoms with Crippen LogP contribution in [-0.2, 0) is 0 Å². The summed E-state index contributed by atoms with van der Waals surface area (Å²) in [5.41, 5.74) is 0. The number of piperazine rings is 1. The largest absolute Gasteiger partial charge is 0.492 e. The van der Waals surface area contributed by atoms with Gasteiger partial charge in [-0.05, 0) is 37.5 Å². The summed E-state index contributed by atoms with van der Waals surface area (Å²) in [4.78, 5) is 2.54. The van der Waals surface area contributed by atoms with E-state index in [2.05, 4.69) is 46.9 Å². The molecular formula is C17H27BrN2O. The molecule has 0 amide bonds. The van der Waals surface area contributed by atoms with E-state index >= 15 is 0 Å². The smallest absolute Gasteiger partial charge is 0.120 e. The highest BCUT2D eigenvalue weighted by atomic mass is 79.9. The summed E-state index contributed by atoms with van der Waals surface area (Å²) in [6.07, 6.45) is 1.25. The van der Waals surface area contributed by atoms with Gasteiger partial charge in [0.1, 0.15) is 12.4 Å². The van der Waals surface area contributed by atoms with Crippen molar-refractivity contribution in [2.45, 2.75) is 39.3 Å². The lowest BCUT2D eigenvalue weighted by Gasteiger charge is -2.39. The van der Waals surface area contributed by atoms with Crippen molar-refractivity contribution in [2.75, 3.05) is 26.2 Å². The van der Waals surface area contributed by atoms with Crippen molar-refractivity contribution in [3.05, 3.63) is 28.7 Å². The molecule has 3 nitrogen and oxygen atoms in total. The van der Waals surface area contributed by atoms with E-state index in [1.54, 1.807) is 0 Å². The number of rotatable bonds is 6. The van der Waals surface area contributed by atoms with Crippen molar-refractivity contribution in [3.63, 3.8) is 0 Å². The average molecular weight is 355 g/mol. The average Bonchev–Trinajstić information content (AvgIpc) is 2.42. The van der Waals surface area contributed by atoms with Gasteiger partial charge < -0.3 is 10.1 Å². The third-order valence-electron chi connectivity index (χ3n) is 3.98. The van der Waals surface area contributed by atoms with Crippen LogP contribution in [0.5, 0.6) is 5.75 Å². The fourth-order valence-electron chi connectivity index (χ4n) is 2.87. The molecule has 4 heteroatoms. The molecule has 0 spiro atoms. The molecule has 0 radical (unpaired) electrons. The number of benzene rings is 1. The summed E-state index contributed by atoms with van der Waals surface area (Å²) in [6, 6.07) is 9.25. The van der Waals surface area contributed by atoms with Crippen LogP contribution in [-0.4, -0.2) is 43.2 Å². The standard InChI is InChI=1S/C17H27BrN2O/c1-13(2)9-16-12-20(14(3)11-19-16)7-8-21-17-6-4-5-15(18)10-17/h4-6,10,13-14,16,19H,7-9,11-12H2,1-3H3. The molecule has 1 aromatic rings. The minimum Gasteiger partial charge on any atom is -0.492 e. The summed E-state index contributed by atoms with van der Waals surface area (Å²) in [5, 5.41) is 3.66. The second-order valence-electron chi connectivity index (χ2n) is 6.38. The van der Waals surface area contributed by atoms with Gasteiger partial charge in [0.15, 0.2) is 0 Å². The van der Waals surface area contributed by atoms with Crippen molar-refractivity contribution in [3.8, 4) is 5.75 Å². The lowest BCUT2D eigenvalue weighted by Crippen LogP contribution is -2.56. The number of hydrogen-bond donors (Lipinski definition) is 1. The van der Waals surface area contributed by atoms with Gasteiger partial charge in [0.2, 0.25) is 0 Å². The van der Waals surface area contributed by atoms with Crippen LogP contribution in [0.15, 0.2) is 28.7 Å². The van der Waals surface area contributed by atoms with Crippen molar-refractivity contribution >= 4 is 15.9 Å². The molecule has 0 bridgehead atoms. The van der Waals surface area contributed by atoms with E-state index in [-0.39, 0.29) is 0 Å². The van der Waals surface area contributed by atoms with Crippen LogP contribution in [0.4, 0.5) is 0 Å². The molecule has 118 valence electrons. The molecule has 1 N–H and O–H groups in total. The van der Waals surface area contributed by atoms with E-state index in [4.69, 9.17) is 4.74 Å². The zero-order valence-corrected chi connectivity index (χ0v) is 14.9. The van der Waals surface area contributed by atoms with E-state index in [1.807, 2.05) is 24.3 Å². The zero-order valence-electron chi connectivity index (χ0n) is 13.3. The maximum Gasteiger partial charge on any atom is 0.120 e. The maximum atomic E-state index is 5.86. The molecule has 1 aliphatic heterocycles. The Morgan fingerprint density at radius 3 is 2.95 bits per heavy atom. The molecule has 1 aromatic carbocycles. The summed E-state index contributed by atoms with van der Waals surface area (Å²) < 4.78 is 6.92. The van der Waals surface area contributed by atoms with Crippen LogP contribution < -0.4 is 10.1 Å². The molecule has 2 rings (SSSR count). The summed E-state index contributed by atoms with van der Waals surface area (Å²) >= 11 is 3.47. The monoisotopic (exact) mass is 354 g/mol. The number of ether oxygens (including phenoxy) is 1. The highest BCUT2D eigenvalue weighted by Crippen LogP contribution is 2.18. The van der Waals surface area contributed by atoms with Crippen LogP contribution in [0, 0.1) is 5.92 Å². The highest BCUT2D eigenvalue weighted by molar-refractivity contribution is 9.10. The van der Waals surface area contributed by atoms with E-state index in [0.29, 0.717) is 12.1 Å². The Morgan fingerprint density at radius 1 is 1.43 bits per heavy atom. The van der Waals surface area contributed by atoms with Crippen LogP contribution in [0.3, 0.4) is 0 Å². The quantitative estimate of drug-likeness (QED) is 0.845. The number of nitrogens with zero attached hydrogens (tertiary/aromatic N) is 1. The van der Waals surface area contributed by atoms with Gasteiger partial charge in [-0.2, -0.15) is 0 Å². The summed E-state index contributed by atoms with van der Waals surface area (Å²) in [5.74, 6) is 1.68. The number of hydrogen-bond acceptors (Lipinski definition) is 3. The first kappa shape index (κ1) is 16.8. The van der Waals surface area contributed by atoms with Gasteiger partial charge in [0.25, 0.3) is 0 Å². The molecule has 1 aliphatic rings. The van der Waals surface area contributed by atoms with Gasteiger partial charge in [-0.3, -0.25) is 4.90 Å². The zero-order chi connectivity index (χ0) is 15.2. The molecule has 2 unspecified atom stereocenters. The first-order valence-corrected chi connectivity index (χ1v) is 8.69. The molecule has 0 aliphatic carbocycles. The summed E-state index contributed by atoms with van der Waals surface area (Å²) in [6.45, 7) is 10.8. The first-order valence-electron chi connectivity index (χ1n) is 7.90. The third kappa shape index (κ3) is 5.61. The van der Waals surface area contributed by atoms with E-state index in [9.17, 15) is 0 Å². The Kier molecular flexibility index (Phi) is 6.52. The third-order valence-corrected chi connectivity index (χ3v) is 4.47. The van der Waals surface area contributed by atoms with Crippen molar-refractivity contribution in [1.82, 2.24) is 10.2 Å². The van der Waals surface area contributed by atoms with Crippen molar-refractivity contribution in [1.29, 1.82) is 0 Å². The normalized spacial score (nSPS) is 23.5. The van der Waals surface area contributed by atoms with Crippen LogP contribution in [0.1, 0.15) is 27.2 Å². The molecule has 0 aromatic heterocycles. The molecule has 0 saturated carbocycles. The van der Waals surface area contributed by atoms with Crippen LogP contribution in [0.2, 0.25) is 0 Å². The van der Waals surface area contributed by atoms with Gasteiger partial charge >= 0.3 is 0 Å². The van der Waals surface area contributed by atoms with Crippen LogP contribution >= 0.6 is 15.9 Å². The topological polar surface area (TPSA) is 24.5 Å². The molecule has 2 atom stereocenters. The molecule has 1 saturated heterocycles. The first-order chi connectivity index (χ1) is 10.0.